The summed E-state index contributed by atoms with van der Waals surface area (Å²) < 4.78 is 33.4. The van der Waals surface area contributed by atoms with Gasteiger partial charge in [-0.3, -0.25) is 18.6 Å². The molecule has 0 bridgehead atoms. The second-order valence-corrected chi connectivity index (χ2v) is 18.1. The van der Waals surface area contributed by atoms with Gasteiger partial charge in [-0.05, 0) is 12.8 Å². The Labute approximate surface area is 350 Å². The summed E-state index contributed by atoms with van der Waals surface area (Å²) in [6, 6.07) is -1.47. The Morgan fingerprint density at radius 1 is 0.491 bits per heavy atom. The van der Waals surface area contributed by atoms with Crippen LogP contribution in [0.4, 0.5) is 0 Å². The topological polar surface area (TPSA) is 155 Å². The molecule has 11 heteroatoms. The number of carbonyl (C=O) groups is 2. The molecule has 0 aromatic heterocycles. The van der Waals surface area contributed by atoms with Crippen molar-refractivity contribution in [1.82, 2.24) is 0 Å². The molecule has 0 amide bonds. The molecular weight excluding hydrogens is 741 g/mol. The van der Waals surface area contributed by atoms with Gasteiger partial charge in [0.2, 0.25) is 0 Å². The second-order valence-electron chi connectivity index (χ2n) is 16.6. The van der Waals surface area contributed by atoms with Gasteiger partial charge in [-0.25, -0.2) is 4.57 Å². The number of carboxylic acid groups (broad SMARTS) is 1. The summed E-state index contributed by atoms with van der Waals surface area (Å²) in [5.41, 5.74) is 5.37. The van der Waals surface area contributed by atoms with Crippen molar-refractivity contribution in [2.24, 2.45) is 5.73 Å². The number of rotatable bonds is 47. The Bertz CT molecular complexity index is 924. The summed E-state index contributed by atoms with van der Waals surface area (Å²) in [5.74, 6) is -1.76. The van der Waals surface area contributed by atoms with E-state index < -0.39 is 45.1 Å². The molecule has 0 aromatic rings. The van der Waals surface area contributed by atoms with Crippen molar-refractivity contribution in [1.29, 1.82) is 0 Å². The van der Waals surface area contributed by atoms with E-state index in [1.54, 1.807) is 0 Å². The van der Waals surface area contributed by atoms with Gasteiger partial charge in [0, 0.05) is 13.0 Å². The molecule has 1 unspecified atom stereocenters. The van der Waals surface area contributed by atoms with Gasteiger partial charge in [0.25, 0.3) is 0 Å². The van der Waals surface area contributed by atoms with Gasteiger partial charge in [0.1, 0.15) is 12.1 Å². The van der Waals surface area contributed by atoms with E-state index >= 15 is 0 Å². The van der Waals surface area contributed by atoms with Gasteiger partial charge < -0.3 is 25.2 Å². The quantitative estimate of drug-likeness (QED) is 0.0306. The Hall–Kier alpha value is -1.03. The highest BCUT2D eigenvalue weighted by atomic mass is 31.2. The summed E-state index contributed by atoms with van der Waals surface area (Å²) in [4.78, 5) is 33.6. The van der Waals surface area contributed by atoms with Crippen LogP contribution in [-0.4, -0.2) is 60.5 Å². The maximum absolute atomic E-state index is 12.6. The predicted octanol–water partition coefficient (Wildman–Crippen LogP) is 13.5. The van der Waals surface area contributed by atoms with E-state index in [-0.39, 0.29) is 13.0 Å². The molecule has 0 saturated heterocycles. The number of phosphoric ester groups is 1. The Kier molecular flexibility index (Phi) is 42.3. The molecule has 57 heavy (non-hydrogen) atoms. The zero-order chi connectivity index (χ0) is 41.9. The smallest absolute Gasteiger partial charge is 0.472 e. The van der Waals surface area contributed by atoms with E-state index in [4.69, 9.17) is 29.4 Å². The number of hydrogen-bond acceptors (Lipinski definition) is 8. The van der Waals surface area contributed by atoms with Crippen LogP contribution in [0.5, 0.6) is 0 Å². The molecule has 0 radical (unpaired) electrons. The predicted molar refractivity (Wildman–Crippen MR) is 236 cm³/mol. The lowest BCUT2D eigenvalue weighted by molar-refractivity contribution is -0.154. The molecule has 10 nitrogen and oxygen atoms in total. The summed E-state index contributed by atoms with van der Waals surface area (Å²) >= 11 is 0. The minimum absolute atomic E-state index is 0.0262. The summed E-state index contributed by atoms with van der Waals surface area (Å²) in [6.45, 7) is 3.94. The van der Waals surface area contributed by atoms with Gasteiger partial charge in [0.05, 0.1) is 19.8 Å². The first-order valence-corrected chi connectivity index (χ1v) is 25.6. The zero-order valence-electron chi connectivity index (χ0n) is 37.2. The van der Waals surface area contributed by atoms with Crippen LogP contribution < -0.4 is 5.73 Å². The molecule has 0 spiro atoms. The number of carbonyl (C=O) groups excluding carboxylic acids is 1. The lowest BCUT2D eigenvalue weighted by atomic mass is 10.0. The van der Waals surface area contributed by atoms with Crippen LogP contribution in [0.2, 0.25) is 0 Å². The van der Waals surface area contributed by atoms with Gasteiger partial charge in [-0.2, -0.15) is 0 Å². The highest BCUT2D eigenvalue weighted by molar-refractivity contribution is 7.47. The molecule has 4 N–H and O–H groups in total. The highest BCUT2D eigenvalue weighted by Gasteiger charge is 2.27. The fourth-order valence-electron chi connectivity index (χ4n) is 7.14. The van der Waals surface area contributed by atoms with Crippen LogP contribution >= 0.6 is 7.82 Å². The van der Waals surface area contributed by atoms with Crippen molar-refractivity contribution >= 4 is 19.8 Å². The molecule has 0 saturated carbocycles. The number of carboxylic acids is 1. The lowest BCUT2D eigenvalue weighted by Gasteiger charge is -2.20. The van der Waals surface area contributed by atoms with Crippen molar-refractivity contribution in [2.75, 3.05) is 26.4 Å². The molecular formula is C46H92NO9P. The van der Waals surface area contributed by atoms with Crippen molar-refractivity contribution in [3.63, 3.8) is 0 Å². The minimum atomic E-state index is -4.61. The third kappa shape index (κ3) is 42.9. The number of hydrogen-bond donors (Lipinski definition) is 3. The summed E-state index contributed by atoms with van der Waals surface area (Å²) in [5, 5.41) is 8.91. The first-order chi connectivity index (χ1) is 27.7. The van der Waals surface area contributed by atoms with Crippen molar-refractivity contribution < 1.29 is 42.7 Å². The SMILES string of the molecule is CCCCCCCCCCCCCCCCCCCCCCOC[C@H](COP(=O)(O)OC[C@H](N)C(=O)O)OC(=O)CCCCCCCCCCCCCCCCC. The average Bonchev–Trinajstić information content (AvgIpc) is 3.19. The maximum Gasteiger partial charge on any atom is 0.472 e. The molecule has 0 rings (SSSR count). The van der Waals surface area contributed by atoms with Crippen LogP contribution in [0, 0.1) is 0 Å². The molecule has 0 aliphatic heterocycles. The molecule has 0 aliphatic carbocycles. The van der Waals surface area contributed by atoms with Gasteiger partial charge >= 0.3 is 19.8 Å². The number of phosphoric acid groups is 1. The van der Waals surface area contributed by atoms with Crippen LogP contribution in [0.15, 0.2) is 0 Å². The van der Waals surface area contributed by atoms with Crippen molar-refractivity contribution in [3.05, 3.63) is 0 Å². The van der Waals surface area contributed by atoms with Gasteiger partial charge in [-0.15, -0.1) is 0 Å². The molecule has 0 heterocycles. The fraction of sp³-hybridized carbons (Fsp3) is 0.957. The van der Waals surface area contributed by atoms with E-state index in [1.165, 1.54) is 186 Å². The highest BCUT2D eigenvalue weighted by Crippen LogP contribution is 2.43. The molecule has 3 atom stereocenters. The van der Waals surface area contributed by atoms with E-state index in [9.17, 15) is 19.0 Å². The third-order valence-corrected chi connectivity index (χ3v) is 11.8. The van der Waals surface area contributed by atoms with E-state index in [0.717, 1.165) is 38.5 Å². The minimum Gasteiger partial charge on any atom is -0.480 e. The number of aliphatic carboxylic acids is 1. The monoisotopic (exact) mass is 834 g/mol. The standard InChI is InChI=1S/C46H92NO9P/c1-3-5-7-9-11-13-15-17-19-20-21-22-23-25-27-29-31-33-35-37-39-53-40-43(41-54-57(51,52)55-42-44(47)46(49)50)56-45(48)38-36-34-32-30-28-26-24-18-16-14-12-10-8-6-4-2/h43-44H,3-42,47H2,1-2H3,(H,49,50)(H,51,52)/t43-,44+/m1/s1. The summed E-state index contributed by atoms with van der Waals surface area (Å²) in [7, 11) is -4.61. The van der Waals surface area contributed by atoms with E-state index in [2.05, 4.69) is 13.8 Å². The Morgan fingerprint density at radius 3 is 1.16 bits per heavy atom. The van der Waals surface area contributed by atoms with Crippen LogP contribution in [0.1, 0.15) is 245 Å². The van der Waals surface area contributed by atoms with Crippen LogP contribution in [0.25, 0.3) is 0 Å². The van der Waals surface area contributed by atoms with E-state index in [1.807, 2.05) is 0 Å². The first kappa shape index (κ1) is 56.0. The zero-order valence-corrected chi connectivity index (χ0v) is 38.1. The van der Waals surface area contributed by atoms with Crippen LogP contribution in [-0.2, 0) is 32.7 Å². The number of ether oxygens (including phenoxy) is 2. The largest absolute Gasteiger partial charge is 0.480 e. The Morgan fingerprint density at radius 2 is 0.807 bits per heavy atom. The van der Waals surface area contributed by atoms with Gasteiger partial charge in [0.15, 0.2) is 0 Å². The molecule has 0 aromatic carbocycles. The fourth-order valence-corrected chi connectivity index (χ4v) is 7.91. The molecule has 0 fully saturated rings. The normalized spacial score (nSPS) is 13.8. The molecule has 0 aliphatic rings. The van der Waals surface area contributed by atoms with E-state index in [0.29, 0.717) is 6.61 Å². The summed E-state index contributed by atoms with van der Waals surface area (Å²) in [6.07, 6.45) is 44.4. The number of unbranched alkanes of at least 4 members (excludes halogenated alkanes) is 33. The Balaban J connectivity index is 4.10. The third-order valence-electron chi connectivity index (χ3n) is 10.9. The average molecular weight is 834 g/mol. The number of nitrogens with two attached hydrogens (primary N) is 1. The van der Waals surface area contributed by atoms with Gasteiger partial charge in [-0.1, -0.05) is 226 Å². The maximum atomic E-state index is 12.6. The lowest BCUT2D eigenvalue weighted by Crippen LogP contribution is -2.34. The first-order valence-electron chi connectivity index (χ1n) is 24.1. The van der Waals surface area contributed by atoms with Crippen LogP contribution in [0.3, 0.4) is 0 Å². The van der Waals surface area contributed by atoms with Crippen molar-refractivity contribution in [3.8, 4) is 0 Å². The number of esters is 1. The second kappa shape index (κ2) is 43.1. The molecule has 340 valence electrons. The van der Waals surface area contributed by atoms with Crippen molar-refractivity contribution in [2.45, 2.75) is 257 Å².